The number of anilines is 1. The molecule has 1 saturated carbocycles. The molecule has 6 aliphatic rings. The van der Waals surface area contributed by atoms with Crippen LogP contribution in [0, 0.1) is 16.7 Å². The summed E-state index contributed by atoms with van der Waals surface area (Å²) < 4.78 is 5.25. The topological polar surface area (TPSA) is 65.4 Å². The molecule has 3 fully saturated rings. The number of fused-ring (bicyclic) bond motifs is 2. The highest BCUT2D eigenvalue weighted by molar-refractivity contribution is 5.96. The Morgan fingerprint density at radius 3 is 2.89 bits per heavy atom. The third kappa shape index (κ3) is 1.30. The fourth-order valence-electron chi connectivity index (χ4n) is 7.78. The number of nitrogens with zero attached hydrogens (tertiary/aromatic N) is 2. The summed E-state index contributed by atoms with van der Waals surface area (Å²) in [7, 11) is 1.47. The lowest BCUT2D eigenvalue weighted by molar-refractivity contribution is -0.140. The lowest BCUT2D eigenvalue weighted by atomic mass is 9.37. The predicted octanol–water partition coefficient (Wildman–Crippen LogP) is 2.74. The van der Waals surface area contributed by atoms with Gasteiger partial charge in [0.05, 0.1) is 29.7 Å². The highest BCUT2D eigenvalue weighted by Gasteiger charge is 2.84. The largest absolute Gasteiger partial charge is 0.466 e. The van der Waals surface area contributed by atoms with Crippen LogP contribution in [0.1, 0.15) is 37.7 Å². The number of ether oxygens (including phenoxy) is 1. The van der Waals surface area contributed by atoms with Crippen molar-refractivity contribution < 1.29 is 9.53 Å². The summed E-state index contributed by atoms with van der Waals surface area (Å²) in [5.41, 5.74) is 1.23. The van der Waals surface area contributed by atoms with Gasteiger partial charge >= 0.3 is 5.97 Å². The Kier molecular flexibility index (Phi) is 2.65. The minimum absolute atomic E-state index is 0.246. The average molecular weight is 361 g/mol. The third-order valence-corrected chi connectivity index (χ3v) is 8.48. The van der Waals surface area contributed by atoms with Gasteiger partial charge in [0, 0.05) is 17.6 Å². The van der Waals surface area contributed by atoms with E-state index in [2.05, 4.69) is 40.6 Å². The van der Waals surface area contributed by atoms with Gasteiger partial charge < -0.3 is 10.1 Å². The van der Waals surface area contributed by atoms with Crippen LogP contribution >= 0.6 is 0 Å². The molecule has 0 amide bonds. The summed E-state index contributed by atoms with van der Waals surface area (Å²) in [5, 5.41) is 14.5. The van der Waals surface area contributed by atoms with Crippen molar-refractivity contribution in [1.82, 2.24) is 4.90 Å². The first kappa shape index (κ1) is 15.7. The van der Waals surface area contributed by atoms with E-state index in [0.29, 0.717) is 0 Å². The fraction of sp³-hybridized carbons (Fsp3) is 0.545. The standard InChI is InChI=1S/C22H23N3O2/c1-27-18(26)16-13-19-7-4-11-25-12-10-20(22(19,25)14-23)15-5-2-3-6-17(15)24-21(16,20)9-8-19/h2-3,5-6,13,24H,4,7-12H2,1H3/t19-,20+,21-,22+/m1/s1. The Labute approximate surface area is 159 Å². The Bertz CT molecular complexity index is 965. The average Bonchev–Trinajstić information content (AvgIpc) is 3.22. The van der Waals surface area contributed by atoms with Crippen molar-refractivity contribution in [3.8, 4) is 6.07 Å². The number of esters is 1. The zero-order valence-electron chi connectivity index (χ0n) is 15.5. The predicted molar refractivity (Wildman–Crippen MR) is 100 cm³/mol. The molecule has 2 saturated heterocycles. The summed E-state index contributed by atoms with van der Waals surface area (Å²) in [6, 6.07) is 11.3. The molecule has 2 bridgehead atoms. The normalized spacial score (nSPS) is 43.0. The van der Waals surface area contributed by atoms with E-state index in [1.54, 1.807) is 0 Å². The molecular formula is C22H23N3O2. The van der Waals surface area contributed by atoms with E-state index in [-0.39, 0.29) is 11.4 Å². The summed E-state index contributed by atoms with van der Waals surface area (Å²) in [5.74, 6) is -0.246. The summed E-state index contributed by atoms with van der Waals surface area (Å²) in [6.45, 7) is 1.88. The van der Waals surface area contributed by atoms with Gasteiger partial charge in [-0.3, -0.25) is 4.90 Å². The smallest absolute Gasteiger partial charge is 0.335 e. The number of piperidine rings is 1. The lowest BCUT2D eigenvalue weighted by Crippen LogP contribution is -2.79. The maximum absolute atomic E-state index is 13.0. The molecule has 7 rings (SSSR count). The Morgan fingerprint density at radius 2 is 2.07 bits per heavy atom. The van der Waals surface area contributed by atoms with Gasteiger partial charge in [0.25, 0.3) is 0 Å². The Morgan fingerprint density at radius 1 is 1.22 bits per heavy atom. The van der Waals surface area contributed by atoms with Gasteiger partial charge in [-0.1, -0.05) is 24.3 Å². The molecule has 5 heteroatoms. The van der Waals surface area contributed by atoms with Crippen LogP contribution in [0.25, 0.3) is 0 Å². The zero-order valence-corrected chi connectivity index (χ0v) is 15.5. The minimum atomic E-state index is -0.590. The number of carbonyl (C=O) groups excluding carboxylic acids is 1. The van der Waals surface area contributed by atoms with Crippen molar-refractivity contribution in [3.05, 3.63) is 41.5 Å². The highest BCUT2D eigenvalue weighted by Crippen LogP contribution is 2.76. The minimum Gasteiger partial charge on any atom is -0.466 e. The molecule has 3 aliphatic heterocycles. The van der Waals surface area contributed by atoms with Crippen molar-refractivity contribution in [3.63, 3.8) is 0 Å². The molecule has 1 aromatic rings. The van der Waals surface area contributed by atoms with Gasteiger partial charge in [-0.05, 0) is 50.3 Å². The molecule has 3 spiro atoms. The Balaban J connectivity index is 1.77. The molecule has 4 atom stereocenters. The van der Waals surface area contributed by atoms with Crippen molar-refractivity contribution in [2.45, 2.75) is 48.6 Å². The molecule has 0 radical (unpaired) electrons. The third-order valence-electron chi connectivity index (χ3n) is 8.48. The maximum Gasteiger partial charge on any atom is 0.335 e. The lowest BCUT2D eigenvalue weighted by Gasteiger charge is -2.69. The number of carbonyl (C=O) groups is 1. The number of hydrogen-bond donors (Lipinski definition) is 1. The van der Waals surface area contributed by atoms with Gasteiger partial charge in [-0.2, -0.15) is 5.26 Å². The van der Waals surface area contributed by atoms with Gasteiger partial charge in [0.15, 0.2) is 0 Å². The van der Waals surface area contributed by atoms with E-state index < -0.39 is 16.5 Å². The zero-order chi connectivity index (χ0) is 18.5. The van der Waals surface area contributed by atoms with Crippen molar-refractivity contribution >= 4 is 11.7 Å². The van der Waals surface area contributed by atoms with E-state index in [1.165, 1.54) is 12.7 Å². The van der Waals surface area contributed by atoms with Crippen molar-refractivity contribution in [1.29, 1.82) is 5.26 Å². The van der Waals surface area contributed by atoms with Crippen LogP contribution in [0.3, 0.4) is 0 Å². The van der Waals surface area contributed by atoms with Gasteiger partial charge in [-0.15, -0.1) is 0 Å². The maximum atomic E-state index is 13.0. The van der Waals surface area contributed by atoms with Crippen LogP contribution < -0.4 is 5.32 Å². The molecule has 1 aromatic carbocycles. The van der Waals surface area contributed by atoms with E-state index in [0.717, 1.165) is 56.5 Å². The van der Waals surface area contributed by atoms with E-state index in [9.17, 15) is 10.1 Å². The van der Waals surface area contributed by atoms with Gasteiger partial charge in [0.2, 0.25) is 0 Å². The molecule has 0 unspecified atom stereocenters. The van der Waals surface area contributed by atoms with Crippen LogP contribution in [0.4, 0.5) is 5.69 Å². The number of benzene rings is 1. The number of hydrogen-bond acceptors (Lipinski definition) is 5. The SMILES string of the molecule is COC(=O)C1=C[C@@]23CCCN4CC[C@@]5(c6ccccc6N[C@]15CC2)[C@@]43C#N. The molecule has 5 nitrogen and oxygen atoms in total. The number of nitriles is 1. The first-order valence-electron chi connectivity index (χ1n) is 9.97. The summed E-state index contributed by atoms with van der Waals surface area (Å²) >= 11 is 0. The number of para-hydroxylation sites is 1. The van der Waals surface area contributed by atoms with Crippen LogP contribution in [0.15, 0.2) is 35.9 Å². The Hall–Kier alpha value is -2.32. The van der Waals surface area contributed by atoms with Crippen molar-refractivity contribution in [2.24, 2.45) is 5.41 Å². The van der Waals surface area contributed by atoms with Gasteiger partial charge in [-0.25, -0.2) is 4.79 Å². The second kappa shape index (κ2) is 4.56. The fourth-order valence-corrected chi connectivity index (χ4v) is 7.78. The van der Waals surface area contributed by atoms with E-state index >= 15 is 0 Å². The second-order valence-corrected chi connectivity index (χ2v) is 8.85. The van der Waals surface area contributed by atoms with E-state index in [4.69, 9.17) is 4.74 Å². The first-order chi connectivity index (χ1) is 13.1. The van der Waals surface area contributed by atoms with E-state index in [1.807, 2.05) is 6.07 Å². The number of rotatable bonds is 1. The van der Waals surface area contributed by atoms with Crippen LogP contribution in [-0.4, -0.2) is 42.1 Å². The van der Waals surface area contributed by atoms with Crippen LogP contribution in [0.2, 0.25) is 0 Å². The number of nitrogens with one attached hydrogen (secondary N) is 1. The van der Waals surface area contributed by atoms with Crippen LogP contribution in [0.5, 0.6) is 0 Å². The molecule has 0 aromatic heterocycles. The summed E-state index contributed by atoms with van der Waals surface area (Å²) in [4.78, 5) is 15.4. The second-order valence-electron chi connectivity index (χ2n) is 8.85. The quantitative estimate of drug-likeness (QED) is 0.779. The van der Waals surface area contributed by atoms with Crippen LogP contribution in [-0.2, 0) is 14.9 Å². The molecule has 3 heterocycles. The van der Waals surface area contributed by atoms with Crippen molar-refractivity contribution in [2.75, 3.05) is 25.5 Å². The molecule has 27 heavy (non-hydrogen) atoms. The molecule has 138 valence electrons. The summed E-state index contributed by atoms with van der Waals surface area (Å²) in [6.07, 6.45) is 6.92. The monoisotopic (exact) mass is 361 g/mol. The van der Waals surface area contributed by atoms with Gasteiger partial charge in [0.1, 0.15) is 5.54 Å². The first-order valence-corrected chi connectivity index (χ1v) is 9.97. The highest BCUT2D eigenvalue weighted by atomic mass is 16.5. The number of methoxy groups -OCH3 is 1. The molecule has 3 aliphatic carbocycles. The molecule has 1 N–H and O–H groups in total. The molecular weight excluding hydrogens is 338 g/mol.